The number of carbonyl (C=O) groups is 2. The molecule has 23 heavy (non-hydrogen) atoms. The Kier molecular flexibility index (Phi) is 6.59. The number of likely N-dealkylation sites (tertiary alicyclic amines) is 1. The van der Waals surface area contributed by atoms with Crippen LogP contribution in [-0.4, -0.2) is 55.3 Å². The van der Waals surface area contributed by atoms with Gasteiger partial charge in [0.05, 0.1) is 12.6 Å². The highest BCUT2D eigenvalue weighted by atomic mass is 16.2. The molecule has 1 fully saturated rings. The molecule has 1 N–H and O–H groups in total. The van der Waals surface area contributed by atoms with Crippen LogP contribution in [0.3, 0.4) is 0 Å². The van der Waals surface area contributed by atoms with Crippen molar-refractivity contribution in [2.75, 3.05) is 33.7 Å². The van der Waals surface area contributed by atoms with Gasteiger partial charge in [-0.15, -0.1) is 0 Å². The lowest BCUT2D eigenvalue weighted by Gasteiger charge is -2.26. The molecular formula is C18H27N3O2. The maximum Gasteiger partial charge on any atom is 0.239 e. The van der Waals surface area contributed by atoms with Gasteiger partial charge in [-0.05, 0) is 32.5 Å². The molecule has 0 aromatic heterocycles. The zero-order valence-corrected chi connectivity index (χ0v) is 14.1. The van der Waals surface area contributed by atoms with Crippen molar-refractivity contribution in [1.29, 1.82) is 0 Å². The molecule has 0 bridgehead atoms. The lowest BCUT2D eigenvalue weighted by molar-refractivity contribution is -0.135. The molecule has 0 saturated carbocycles. The molecule has 5 heteroatoms. The van der Waals surface area contributed by atoms with Crippen molar-refractivity contribution in [3.8, 4) is 0 Å². The summed E-state index contributed by atoms with van der Waals surface area (Å²) in [7, 11) is 4.00. The second-order valence-electron chi connectivity index (χ2n) is 6.32. The van der Waals surface area contributed by atoms with E-state index in [-0.39, 0.29) is 24.4 Å². The molecule has 0 radical (unpaired) electrons. The van der Waals surface area contributed by atoms with Crippen molar-refractivity contribution >= 4 is 11.8 Å². The summed E-state index contributed by atoms with van der Waals surface area (Å²) in [6.07, 6.45) is 3.56. The molecule has 2 amide bonds. The fraction of sp³-hybridized carbons (Fsp3) is 0.556. The van der Waals surface area contributed by atoms with Crippen LogP contribution in [-0.2, 0) is 9.59 Å². The Morgan fingerprint density at radius 1 is 1.22 bits per heavy atom. The Labute approximate surface area is 138 Å². The van der Waals surface area contributed by atoms with Crippen molar-refractivity contribution in [1.82, 2.24) is 15.1 Å². The van der Waals surface area contributed by atoms with Crippen LogP contribution in [0.15, 0.2) is 30.3 Å². The van der Waals surface area contributed by atoms with Crippen molar-refractivity contribution in [3.63, 3.8) is 0 Å². The highest BCUT2D eigenvalue weighted by Crippen LogP contribution is 2.16. The average molecular weight is 317 g/mol. The maximum absolute atomic E-state index is 12.2. The van der Waals surface area contributed by atoms with E-state index in [0.717, 1.165) is 19.3 Å². The SMILES string of the molecule is CN(C)C(CNC(=O)CN1CCCCCC1=O)c1ccccc1. The van der Waals surface area contributed by atoms with Gasteiger partial charge in [-0.3, -0.25) is 9.59 Å². The Morgan fingerprint density at radius 3 is 2.65 bits per heavy atom. The fourth-order valence-electron chi connectivity index (χ4n) is 2.92. The van der Waals surface area contributed by atoms with Crippen LogP contribution in [0.1, 0.15) is 37.3 Å². The second kappa shape index (κ2) is 8.67. The third kappa shape index (κ3) is 5.36. The zero-order valence-electron chi connectivity index (χ0n) is 14.1. The zero-order chi connectivity index (χ0) is 16.7. The van der Waals surface area contributed by atoms with E-state index < -0.39 is 0 Å². The van der Waals surface area contributed by atoms with Crippen molar-refractivity contribution in [2.45, 2.75) is 31.7 Å². The van der Waals surface area contributed by atoms with Gasteiger partial charge in [-0.1, -0.05) is 36.8 Å². The number of nitrogens with zero attached hydrogens (tertiary/aromatic N) is 2. The number of likely N-dealkylation sites (N-methyl/N-ethyl adjacent to an activating group) is 1. The van der Waals surface area contributed by atoms with Gasteiger partial charge in [0.15, 0.2) is 0 Å². The number of carbonyl (C=O) groups excluding carboxylic acids is 2. The number of hydrogen-bond donors (Lipinski definition) is 1. The van der Waals surface area contributed by atoms with Gasteiger partial charge in [-0.2, -0.15) is 0 Å². The van der Waals surface area contributed by atoms with E-state index in [2.05, 4.69) is 22.3 Å². The van der Waals surface area contributed by atoms with Crippen LogP contribution in [0.2, 0.25) is 0 Å². The number of benzene rings is 1. The molecule has 0 aliphatic carbocycles. The maximum atomic E-state index is 12.2. The van der Waals surface area contributed by atoms with Gasteiger partial charge in [-0.25, -0.2) is 0 Å². The summed E-state index contributed by atoms with van der Waals surface area (Å²) in [5.74, 6) is 0.0212. The Balaban J connectivity index is 1.87. The highest BCUT2D eigenvalue weighted by molar-refractivity contribution is 5.84. The van der Waals surface area contributed by atoms with E-state index in [0.29, 0.717) is 19.5 Å². The molecule has 2 rings (SSSR count). The third-order valence-electron chi connectivity index (χ3n) is 4.31. The van der Waals surface area contributed by atoms with Crippen molar-refractivity contribution in [2.24, 2.45) is 0 Å². The predicted octanol–water partition coefficient (Wildman–Crippen LogP) is 1.81. The average Bonchev–Trinajstić information content (AvgIpc) is 2.73. The lowest BCUT2D eigenvalue weighted by atomic mass is 10.1. The van der Waals surface area contributed by atoms with E-state index >= 15 is 0 Å². The Morgan fingerprint density at radius 2 is 1.96 bits per heavy atom. The summed E-state index contributed by atoms with van der Waals surface area (Å²) < 4.78 is 0. The van der Waals surface area contributed by atoms with Crippen LogP contribution in [0.4, 0.5) is 0 Å². The first-order valence-electron chi connectivity index (χ1n) is 8.34. The summed E-state index contributed by atoms with van der Waals surface area (Å²) in [5, 5.41) is 2.98. The second-order valence-corrected chi connectivity index (χ2v) is 6.32. The molecule has 1 atom stereocenters. The first-order chi connectivity index (χ1) is 11.1. The third-order valence-corrected chi connectivity index (χ3v) is 4.31. The molecule has 1 aromatic rings. The van der Waals surface area contributed by atoms with Crippen LogP contribution in [0.25, 0.3) is 0 Å². The van der Waals surface area contributed by atoms with Gasteiger partial charge in [0.25, 0.3) is 0 Å². The molecular weight excluding hydrogens is 290 g/mol. The van der Waals surface area contributed by atoms with Crippen LogP contribution < -0.4 is 5.32 Å². The largest absolute Gasteiger partial charge is 0.353 e. The topological polar surface area (TPSA) is 52.7 Å². The first kappa shape index (κ1) is 17.5. The van der Waals surface area contributed by atoms with Crippen LogP contribution >= 0.6 is 0 Å². The molecule has 5 nitrogen and oxygen atoms in total. The molecule has 1 aliphatic rings. The Bertz CT molecular complexity index is 516. The number of amides is 2. The number of rotatable bonds is 6. The predicted molar refractivity (Wildman–Crippen MR) is 90.9 cm³/mol. The summed E-state index contributed by atoms with van der Waals surface area (Å²) >= 11 is 0. The minimum absolute atomic E-state index is 0.0805. The smallest absolute Gasteiger partial charge is 0.239 e. The number of hydrogen-bond acceptors (Lipinski definition) is 3. The summed E-state index contributed by atoms with van der Waals surface area (Å²) in [5.41, 5.74) is 1.17. The molecule has 126 valence electrons. The molecule has 1 unspecified atom stereocenters. The summed E-state index contributed by atoms with van der Waals surface area (Å²) in [4.78, 5) is 27.9. The van der Waals surface area contributed by atoms with E-state index in [9.17, 15) is 9.59 Å². The van der Waals surface area contributed by atoms with Crippen molar-refractivity contribution in [3.05, 3.63) is 35.9 Å². The van der Waals surface area contributed by atoms with Crippen LogP contribution in [0, 0.1) is 0 Å². The van der Waals surface area contributed by atoms with Crippen LogP contribution in [0.5, 0.6) is 0 Å². The van der Waals surface area contributed by atoms with E-state index in [4.69, 9.17) is 0 Å². The number of nitrogens with one attached hydrogen (secondary N) is 1. The lowest BCUT2D eigenvalue weighted by Crippen LogP contribution is -2.42. The standard InChI is InChI=1S/C18H27N3O2/c1-20(2)16(15-9-5-3-6-10-15)13-19-17(22)14-21-12-8-4-7-11-18(21)23/h3,5-6,9-10,16H,4,7-8,11-14H2,1-2H3,(H,19,22). The summed E-state index contributed by atoms with van der Waals surface area (Å²) in [6.45, 7) is 1.41. The van der Waals surface area contributed by atoms with Gasteiger partial charge >= 0.3 is 0 Å². The van der Waals surface area contributed by atoms with Gasteiger partial charge in [0, 0.05) is 19.5 Å². The minimum atomic E-state index is -0.0805. The normalized spacial score (nSPS) is 17.0. The van der Waals surface area contributed by atoms with Gasteiger partial charge in [0.1, 0.15) is 0 Å². The molecule has 1 aromatic carbocycles. The quantitative estimate of drug-likeness (QED) is 0.870. The van der Waals surface area contributed by atoms with E-state index in [1.807, 2.05) is 32.3 Å². The minimum Gasteiger partial charge on any atom is -0.353 e. The first-order valence-corrected chi connectivity index (χ1v) is 8.34. The molecule has 1 saturated heterocycles. The monoisotopic (exact) mass is 317 g/mol. The summed E-state index contributed by atoms with van der Waals surface area (Å²) in [6, 6.07) is 10.2. The fourth-order valence-corrected chi connectivity index (χ4v) is 2.92. The van der Waals surface area contributed by atoms with Gasteiger partial charge < -0.3 is 15.1 Å². The van der Waals surface area contributed by atoms with E-state index in [1.54, 1.807) is 4.90 Å². The van der Waals surface area contributed by atoms with E-state index in [1.165, 1.54) is 5.56 Å². The molecule has 1 heterocycles. The molecule has 1 aliphatic heterocycles. The highest BCUT2D eigenvalue weighted by Gasteiger charge is 2.20. The molecule has 0 spiro atoms. The van der Waals surface area contributed by atoms with Crippen molar-refractivity contribution < 1.29 is 9.59 Å². The Hall–Kier alpha value is -1.88. The van der Waals surface area contributed by atoms with Gasteiger partial charge in [0.2, 0.25) is 11.8 Å².